The Bertz CT molecular complexity index is 657. The molecule has 0 fully saturated rings. The van der Waals surface area contributed by atoms with Crippen LogP contribution in [0.2, 0.25) is 0 Å². The summed E-state index contributed by atoms with van der Waals surface area (Å²) in [6, 6.07) is 0. The van der Waals surface area contributed by atoms with Crippen LogP contribution >= 0.6 is 11.3 Å². The van der Waals surface area contributed by atoms with Gasteiger partial charge >= 0.3 is 5.69 Å². The van der Waals surface area contributed by atoms with Crippen molar-refractivity contribution >= 4 is 28.8 Å². The van der Waals surface area contributed by atoms with Gasteiger partial charge in [0.15, 0.2) is 0 Å². The molecule has 0 aromatic carbocycles. The van der Waals surface area contributed by atoms with Gasteiger partial charge in [-0.25, -0.2) is 9.97 Å². The molecule has 0 aliphatic carbocycles. The minimum absolute atomic E-state index is 0.0932. The molecule has 0 saturated heterocycles. The van der Waals surface area contributed by atoms with Crippen molar-refractivity contribution in [3.8, 4) is 0 Å². The minimum atomic E-state index is -0.468. The lowest BCUT2D eigenvalue weighted by Crippen LogP contribution is -2.12. The predicted molar refractivity (Wildman–Crippen MR) is 82.0 cm³/mol. The smallest absolute Gasteiger partial charge is 0.332 e. The van der Waals surface area contributed by atoms with E-state index < -0.39 is 4.92 Å². The van der Waals surface area contributed by atoms with E-state index in [0.29, 0.717) is 24.6 Å². The summed E-state index contributed by atoms with van der Waals surface area (Å²) in [4.78, 5) is 23.2. The lowest BCUT2D eigenvalue weighted by molar-refractivity contribution is -0.385. The molecule has 112 valence electrons. The van der Waals surface area contributed by atoms with Crippen LogP contribution in [-0.2, 0) is 6.42 Å². The lowest BCUT2D eigenvalue weighted by Gasteiger charge is -2.08. The molecule has 0 amide bonds. The third kappa shape index (κ3) is 3.63. The van der Waals surface area contributed by atoms with E-state index in [-0.39, 0.29) is 11.5 Å². The van der Waals surface area contributed by atoms with E-state index >= 15 is 0 Å². The number of aryl methyl sites for hydroxylation is 2. The van der Waals surface area contributed by atoms with Crippen LogP contribution in [0.5, 0.6) is 0 Å². The number of anilines is 2. The Morgan fingerprint density at radius 1 is 1.33 bits per heavy atom. The van der Waals surface area contributed by atoms with Crippen molar-refractivity contribution < 1.29 is 4.92 Å². The molecule has 8 nitrogen and oxygen atoms in total. The Balaban J connectivity index is 2.14. The first kappa shape index (κ1) is 15.1. The highest BCUT2D eigenvalue weighted by molar-refractivity contribution is 7.09. The predicted octanol–water partition coefficient (Wildman–Crippen LogP) is 2.15. The molecule has 2 N–H and O–H groups in total. The number of aromatic nitrogens is 3. The van der Waals surface area contributed by atoms with Crippen molar-refractivity contribution in [3.63, 3.8) is 0 Å². The number of thiazole rings is 1. The first-order valence-electron chi connectivity index (χ1n) is 6.37. The summed E-state index contributed by atoms with van der Waals surface area (Å²) in [5, 5.41) is 19.9. The molecule has 2 aromatic heterocycles. The summed E-state index contributed by atoms with van der Waals surface area (Å²) >= 11 is 1.58. The Hall–Kier alpha value is -2.29. The van der Waals surface area contributed by atoms with E-state index in [0.717, 1.165) is 10.7 Å². The van der Waals surface area contributed by atoms with Gasteiger partial charge in [0.05, 0.1) is 9.93 Å². The van der Waals surface area contributed by atoms with Crippen molar-refractivity contribution in [2.24, 2.45) is 0 Å². The number of nitrogens with zero attached hydrogens (tertiary/aromatic N) is 4. The second-order valence-electron chi connectivity index (χ2n) is 4.40. The summed E-state index contributed by atoms with van der Waals surface area (Å²) in [5.74, 6) is 0.579. The van der Waals surface area contributed by atoms with E-state index in [1.165, 1.54) is 0 Å². The number of nitro groups is 1. The Morgan fingerprint density at radius 2 is 2.10 bits per heavy atom. The minimum Gasteiger partial charge on any atom is -0.364 e. The van der Waals surface area contributed by atoms with Crippen molar-refractivity contribution in [2.45, 2.75) is 20.3 Å². The molecular weight excluding hydrogens is 292 g/mol. The molecule has 0 spiro atoms. The third-order valence-electron chi connectivity index (χ3n) is 2.76. The van der Waals surface area contributed by atoms with Gasteiger partial charge in [-0.15, -0.1) is 11.3 Å². The third-order valence-corrected chi connectivity index (χ3v) is 3.79. The van der Waals surface area contributed by atoms with Crippen LogP contribution in [0, 0.1) is 24.0 Å². The van der Waals surface area contributed by atoms with Crippen molar-refractivity contribution in [2.75, 3.05) is 24.2 Å². The van der Waals surface area contributed by atoms with Crippen LogP contribution in [0.25, 0.3) is 0 Å². The fourth-order valence-electron chi connectivity index (χ4n) is 1.83. The normalized spacial score (nSPS) is 10.4. The number of nitrogens with one attached hydrogen (secondary N) is 2. The molecule has 0 unspecified atom stereocenters. The average Bonchev–Trinajstić information content (AvgIpc) is 2.83. The van der Waals surface area contributed by atoms with Gasteiger partial charge in [0.25, 0.3) is 0 Å². The Labute approximate surface area is 125 Å². The van der Waals surface area contributed by atoms with E-state index in [9.17, 15) is 10.1 Å². The first-order chi connectivity index (χ1) is 10.0. The summed E-state index contributed by atoms with van der Waals surface area (Å²) < 4.78 is 0. The van der Waals surface area contributed by atoms with Crippen molar-refractivity contribution in [1.29, 1.82) is 0 Å². The molecule has 0 bridgehead atoms. The Kier molecular flexibility index (Phi) is 4.63. The maximum Gasteiger partial charge on any atom is 0.332 e. The highest BCUT2D eigenvalue weighted by Gasteiger charge is 2.21. The lowest BCUT2D eigenvalue weighted by atomic mass is 10.3. The molecule has 2 heterocycles. The fraction of sp³-hybridized carbons (Fsp3) is 0.417. The van der Waals surface area contributed by atoms with E-state index in [1.807, 2.05) is 12.3 Å². The monoisotopic (exact) mass is 308 g/mol. The van der Waals surface area contributed by atoms with Gasteiger partial charge in [-0.05, 0) is 13.8 Å². The zero-order valence-electron chi connectivity index (χ0n) is 12.0. The van der Waals surface area contributed by atoms with Gasteiger partial charge in [-0.2, -0.15) is 4.98 Å². The molecule has 2 aromatic rings. The van der Waals surface area contributed by atoms with Gasteiger partial charge in [-0.3, -0.25) is 10.1 Å². The maximum absolute atomic E-state index is 11.1. The zero-order valence-corrected chi connectivity index (χ0v) is 12.8. The standard InChI is InChI=1S/C12H16N6O2S/c1-7-6-21-9(15-7)4-5-14-11-10(18(19)20)8(2)16-12(13-3)17-11/h6H,4-5H2,1-3H3,(H2,13,14,16,17). The van der Waals surface area contributed by atoms with E-state index in [4.69, 9.17) is 0 Å². The topological polar surface area (TPSA) is 106 Å². The van der Waals surface area contributed by atoms with Crippen LogP contribution in [0.1, 0.15) is 16.4 Å². The summed E-state index contributed by atoms with van der Waals surface area (Å²) in [7, 11) is 1.67. The molecule has 9 heteroatoms. The first-order valence-corrected chi connectivity index (χ1v) is 7.25. The van der Waals surface area contributed by atoms with Gasteiger partial charge in [0.2, 0.25) is 11.8 Å². The molecule has 0 radical (unpaired) electrons. The van der Waals surface area contributed by atoms with Gasteiger partial charge in [0, 0.05) is 31.1 Å². The molecular formula is C12H16N6O2S. The molecule has 0 aliphatic rings. The van der Waals surface area contributed by atoms with Crippen LogP contribution < -0.4 is 10.6 Å². The van der Waals surface area contributed by atoms with Crippen LogP contribution in [0.4, 0.5) is 17.5 Å². The van der Waals surface area contributed by atoms with Gasteiger partial charge in [-0.1, -0.05) is 0 Å². The zero-order chi connectivity index (χ0) is 15.4. The van der Waals surface area contributed by atoms with Crippen LogP contribution in [0.15, 0.2) is 5.38 Å². The quantitative estimate of drug-likeness (QED) is 0.622. The maximum atomic E-state index is 11.1. The van der Waals surface area contributed by atoms with E-state index in [2.05, 4.69) is 25.6 Å². The molecule has 0 saturated carbocycles. The fourth-order valence-corrected chi connectivity index (χ4v) is 2.60. The second-order valence-corrected chi connectivity index (χ2v) is 5.34. The highest BCUT2D eigenvalue weighted by Crippen LogP contribution is 2.26. The second kappa shape index (κ2) is 6.44. The molecule has 21 heavy (non-hydrogen) atoms. The highest BCUT2D eigenvalue weighted by atomic mass is 32.1. The van der Waals surface area contributed by atoms with Crippen LogP contribution in [-0.4, -0.2) is 33.5 Å². The van der Waals surface area contributed by atoms with Crippen LogP contribution in [0.3, 0.4) is 0 Å². The summed E-state index contributed by atoms with van der Waals surface area (Å²) in [6.07, 6.45) is 0.688. The molecule has 2 rings (SSSR count). The molecule has 0 aliphatic heterocycles. The van der Waals surface area contributed by atoms with Gasteiger partial charge in [0.1, 0.15) is 5.69 Å². The molecule has 0 atom stereocenters. The SMILES string of the molecule is CNc1nc(C)c([N+](=O)[O-])c(NCCc2nc(C)cs2)n1. The average molecular weight is 308 g/mol. The van der Waals surface area contributed by atoms with E-state index in [1.54, 1.807) is 25.3 Å². The summed E-state index contributed by atoms with van der Waals surface area (Å²) in [5.41, 5.74) is 1.22. The van der Waals surface area contributed by atoms with Gasteiger partial charge < -0.3 is 10.6 Å². The Morgan fingerprint density at radius 3 is 2.67 bits per heavy atom. The van der Waals surface area contributed by atoms with Crippen molar-refractivity contribution in [1.82, 2.24) is 15.0 Å². The van der Waals surface area contributed by atoms with Crippen molar-refractivity contribution in [3.05, 3.63) is 31.9 Å². The number of hydrogen-bond acceptors (Lipinski definition) is 8. The summed E-state index contributed by atoms with van der Waals surface area (Å²) in [6.45, 7) is 4.05. The number of rotatable bonds is 6. The number of hydrogen-bond donors (Lipinski definition) is 2. The largest absolute Gasteiger partial charge is 0.364 e.